The van der Waals surface area contributed by atoms with E-state index in [9.17, 15) is 9.59 Å². The average molecular weight is 364 g/mol. The number of hydrogen-bond acceptors (Lipinski definition) is 8. The van der Waals surface area contributed by atoms with Crippen molar-refractivity contribution in [3.63, 3.8) is 0 Å². The van der Waals surface area contributed by atoms with Gasteiger partial charge in [-0.15, -0.1) is 0 Å². The molecule has 0 saturated heterocycles. The number of carbonyl (C=O) groups is 2. The highest BCUT2D eigenvalue weighted by Gasteiger charge is 2.07. The van der Waals surface area contributed by atoms with Gasteiger partial charge in [0.15, 0.2) is 0 Å². The highest BCUT2D eigenvalue weighted by molar-refractivity contribution is 5.72. The Morgan fingerprint density at radius 3 is 1.32 bits per heavy atom. The van der Waals surface area contributed by atoms with Gasteiger partial charge in [-0.05, 0) is 20.3 Å². The number of carbonyl (C=O) groups excluding carboxylic acids is 2. The molecule has 0 spiro atoms. The first-order chi connectivity index (χ1) is 12.2. The van der Waals surface area contributed by atoms with E-state index in [1.165, 1.54) is 0 Å². The van der Waals surface area contributed by atoms with Gasteiger partial charge >= 0.3 is 11.9 Å². The number of hydrogen-bond donors (Lipinski definition) is 0. The van der Waals surface area contributed by atoms with E-state index in [2.05, 4.69) is 0 Å². The molecule has 0 aliphatic carbocycles. The van der Waals surface area contributed by atoms with Crippen LogP contribution in [0.1, 0.15) is 33.1 Å². The molecule has 0 aliphatic heterocycles. The van der Waals surface area contributed by atoms with E-state index >= 15 is 0 Å². The van der Waals surface area contributed by atoms with E-state index < -0.39 is 0 Å². The topological polar surface area (TPSA) is 89.5 Å². The van der Waals surface area contributed by atoms with Gasteiger partial charge in [0.2, 0.25) is 0 Å². The molecule has 8 heteroatoms. The van der Waals surface area contributed by atoms with Crippen LogP contribution in [0.2, 0.25) is 0 Å². The van der Waals surface area contributed by atoms with Crippen molar-refractivity contribution < 1.29 is 38.0 Å². The molecule has 0 heterocycles. The van der Waals surface area contributed by atoms with Gasteiger partial charge in [0, 0.05) is 26.1 Å². The van der Waals surface area contributed by atoms with Crippen molar-refractivity contribution in [2.75, 3.05) is 66.1 Å². The lowest BCUT2D eigenvalue weighted by molar-refractivity contribution is -0.147. The predicted molar refractivity (Wildman–Crippen MR) is 90.4 cm³/mol. The molecule has 0 saturated carbocycles. The van der Waals surface area contributed by atoms with Crippen molar-refractivity contribution in [3.8, 4) is 0 Å². The van der Waals surface area contributed by atoms with E-state index in [-0.39, 0.29) is 38.0 Å². The molecule has 0 atom stereocenters. The van der Waals surface area contributed by atoms with Gasteiger partial charge in [-0.2, -0.15) is 0 Å². The highest BCUT2D eigenvalue weighted by atomic mass is 16.6. The quantitative estimate of drug-likeness (QED) is 0.266. The molecular formula is C17H32O8. The van der Waals surface area contributed by atoms with Crippen LogP contribution in [0, 0.1) is 0 Å². The summed E-state index contributed by atoms with van der Waals surface area (Å²) in [5.41, 5.74) is 0. The smallest absolute Gasteiger partial charge is 0.305 e. The summed E-state index contributed by atoms with van der Waals surface area (Å²) in [5.74, 6) is -0.694. The van der Waals surface area contributed by atoms with Crippen LogP contribution >= 0.6 is 0 Å². The lowest BCUT2D eigenvalue weighted by atomic mass is 10.2. The maximum atomic E-state index is 11.5. The van der Waals surface area contributed by atoms with Crippen LogP contribution in [-0.4, -0.2) is 78.0 Å². The van der Waals surface area contributed by atoms with Gasteiger partial charge in [0.05, 0.1) is 39.6 Å². The van der Waals surface area contributed by atoms with E-state index in [1.807, 2.05) is 13.8 Å². The normalized spacial score (nSPS) is 10.6. The molecule has 8 nitrogen and oxygen atoms in total. The summed E-state index contributed by atoms with van der Waals surface area (Å²) in [5, 5.41) is 0. The zero-order chi connectivity index (χ0) is 18.6. The summed E-state index contributed by atoms with van der Waals surface area (Å²) in [6.45, 7) is 8.24. The molecule has 25 heavy (non-hydrogen) atoms. The van der Waals surface area contributed by atoms with Crippen molar-refractivity contribution >= 4 is 11.9 Å². The molecule has 0 amide bonds. The summed E-state index contributed by atoms with van der Waals surface area (Å²) < 4.78 is 30.6. The molecule has 0 N–H and O–H groups in total. The van der Waals surface area contributed by atoms with Crippen LogP contribution in [0.4, 0.5) is 0 Å². The second-order valence-corrected chi connectivity index (χ2v) is 4.91. The standard InChI is InChI=1S/C17H32O8/c1-3-20-8-10-22-12-14-24-16(18)6-5-7-17(19)25-15-13-23-11-9-21-4-2/h3-15H2,1-2H3. The Bertz CT molecular complexity index is 292. The number of rotatable bonds is 18. The summed E-state index contributed by atoms with van der Waals surface area (Å²) in [7, 11) is 0. The molecule has 0 aromatic rings. The van der Waals surface area contributed by atoms with Crippen LogP contribution < -0.4 is 0 Å². The second-order valence-electron chi connectivity index (χ2n) is 4.91. The van der Waals surface area contributed by atoms with Gasteiger partial charge in [-0.3, -0.25) is 9.59 Å². The molecule has 0 radical (unpaired) electrons. The van der Waals surface area contributed by atoms with Crippen LogP contribution in [0.25, 0.3) is 0 Å². The van der Waals surface area contributed by atoms with Gasteiger partial charge in [0.25, 0.3) is 0 Å². The van der Waals surface area contributed by atoms with Crippen molar-refractivity contribution in [2.45, 2.75) is 33.1 Å². The maximum absolute atomic E-state index is 11.5. The van der Waals surface area contributed by atoms with Gasteiger partial charge in [0.1, 0.15) is 13.2 Å². The Balaban J connectivity index is 3.32. The molecule has 0 aromatic heterocycles. The summed E-state index contributed by atoms with van der Waals surface area (Å²) >= 11 is 0. The Morgan fingerprint density at radius 1 is 0.560 bits per heavy atom. The Morgan fingerprint density at radius 2 is 0.920 bits per heavy atom. The third-order valence-corrected chi connectivity index (χ3v) is 2.90. The fraction of sp³-hybridized carbons (Fsp3) is 0.882. The van der Waals surface area contributed by atoms with Gasteiger partial charge in [-0.25, -0.2) is 0 Å². The van der Waals surface area contributed by atoms with E-state index in [0.717, 1.165) is 0 Å². The highest BCUT2D eigenvalue weighted by Crippen LogP contribution is 2.00. The third-order valence-electron chi connectivity index (χ3n) is 2.90. The molecule has 0 unspecified atom stereocenters. The third kappa shape index (κ3) is 19.0. The number of ether oxygens (including phenoxy) is 6. The maximum Gasteiger partial charge on any atom is 0.305 e. The molecule has 0 fully saturated rings. The van der Waals surface area contributed by atoms with Crippen LogP contribution in [-0.2, 0) is 38.0 Å². The van der Waals surface area contributed by atoms with E-state index in [1.54, 1.807) is 0 Å². The van der Waals surface area contributed by atoms with Crippen molar-refractivity contribution in [3.05, 3.63) is 0 Å². The summed E-state index contributed by atoms with van der Waals surface area (Å²) in [4.78, 5) is 22.9. The minimum absolute atomic E-state index is 0.179. The molecule has 0 rings (SSSR count). The van der Waals surface area contributed by atoms with Crippen LogP contribution in [0.5, 0.6) is 0 Å². The zero-order valence-corrected chi connectivity index (χ0v) is 15.5. The van der Waals surface area contributed by atoms with Gasteiger partial charge < -0.3 is 28.4 Å². The second kappa shape index (κ2) is 19.1. The number of esters is 2. The minimum atomic E-state index is -0.347. The van der Waals surface area contributed by atoms with Gasteiger partial charge in [-0.1, -0.05) is 0 Å². The summed E-state index contributed by atoms with van der Waals surface area (Å²) in [6.07, 6.45) is 0.756. The van der Waals surface area contributed by atoms with Crippen LogP contribution in [0.3, 0.4) is 0 Å². The van der Waals surface area contributed by atoms with Crippen molar-refractivity contribution in [1.29, 1.82) is 0 Å². The van der Waals surface area contributed by atoms with Crippen molar-refractivity contribution in [2.24, 2.45) is 0 Å². The summed E-state index contributed by atoms with van der Waals surface area (Å²) in [6, 6.07) is 0. The minimum Gasteiger partial charge on any atom is -0.463 e. The zero-order valence-electron chi connectivity index (χ0n) is 15.5. The lowest BCUT2D eigenvalue weighted by Crippen LogP contribution is -2.14. The first-order valence-corrected chi connectivity index (χ1v) is 8.82. The first-order valence-electron chi connectivity index (χ1n) is 8.82. The van der Waals surface area contributed by atoms with E-state index in [0.29, 0.717) is 59.3 Å². The largest absolute Gasteiger partial charge is 0.463 e. The average Bonchev–Trinajstić information content (AvgIpc) is 2.60. The van der Waals surface area contributed by atoms with Crippen molar-refractivity contribution in [1.82, 2.24) is 0 Å². The molecule has 148 valence electrons. The van der Waals surface area contributed by atoms with E-state index in [4.69, 9.17) is 28.4 Å². The molecular weight excluding hydrogens is 332 g/mol. The Kier molecular flexibility index (Phi) is 18.2. The monoisotopic (exact) mass is 364 g/mol. The Hall–Kier alpha value is -1.22. The Labute approximate surface area is 150 Å². The lowest BCUT2D eigenvalue weighted by Gasteiger charge is -2.07. The first kappa shape index (κ1) is 23.8. The SMILES string of the molecule is CCOCCOCCOC(=O)CCCC(=O)OCCOCCOCC. The molecule has 0 aromatic carbocycles. The molecule has 0 bridgehead atoms. The fourth-order valence-electron chi connectivity index (χ4n) is 1.68. The predicted octanol–water partition coefficient (Wildman–Crippen LogP) is 1.35. The van der Waals surface area contributed by atoms with Crippen LogP contribution in [0.15, 0.2) is 0 Å². The molecule has 0 aliphatic rings. The fourth-order valence-corrected chi connectivity index (χ4v) is 1.68.